The molecule has 0 saturated carbocycles. The van der Waals surface area contributed by atoms with Gasteiger partial charge in [0, 0.05) is 18.8 Å². The minimum absolute atomic E-state index is 0.00892. The molecule has 0 bridgehead atoms. The maximum absolute atomic E-state index is 12.1. The smallest absolute Gasteiger partial charge is 0.238 e. The second-order valence-corrected chi connectivity index (χ2v) is 6.61. The first-order chi connectivity index (χ1) is 9.97. The molecule has 1 aliphatic heterocycles. The number of hydrogen-bond acceptors (Lipinski definition) is 3. The van der Waals surface area contributed by atoms with Crippen LogP contribution in [0.2, 0.25) is 0 Å². The minimum Gasteiger partial charge on any atom is -0.377 e. The second kappa shape index (κ2) is 7.05. The van der Waals surface area contributed by atoms with Crippen molar-refractivity contribution in [3.05, 3.63) is 29.8 Å². The summed E-state index contributed by atoms with van der Waals surface area (Å²) in [5, 5.41) is 6.17. The summed E-state index contributed by atoms with van der Waals surface area (Å²) < 4.78 is 5.52. The van der Waals surface area contributed by atoms with Crippen molar-refractivity contribution in [2.24, 2.45) is 0 Å². The van der Waals surface area contributed by atoms with Gasteiger partial charge in [0.05, 0.1) is 12.6 Å². The number of carbonyl (C=O) groups excluding carboxylic acids is 1. The normalized spacial score (nSPS) is 18.7. The van der Waals surface area contributed by atoms with Crippen molar-refractivity contribution in [1.29, 1.82) is 0 Å². The minimum atomic E-state index is -0.00954. The molecule has 1 fully saturated rings. The molecule has 1 heterocycles. The van der Waals surface area contributed by atoms with Crippen molar-refractivity contribution in [2.45, 2.75) is 45.1 Å². The zero-order chi connectivity index (χ0) is 15.3. The molecule has 21 heavy (non-hydrogen) atoms. The van der Waals surface area contributed by atoms with Crippen molar-refractivity contribution < 1.29 is 9.53 Å². The highest BCUT2D eigenvalue weighted by atomic mass is 16.5. The fraction of sp³-hybridized carbons (Fsp3) is 0.588. The molecule has 0 radical (unpaired) electrons. The first-order valence-corrected chi connectivity index (χ1v) is 7.68. The average molecular weight is 290 g/mol. The van der Waals surface area contributed by atoms with Gasteiger partial charge in [0.25, 0.3) is 0 Å². The number of nitrogens with one attached hydrogen (secondary N) is 2. The maximum atomic E-state index is 12.1. The number of benzene rings is 1. The summed E-state index contributed by atoms with van der Waals surface area (Å²) in [4.78, 5) is 12.1. The number of anilines is 1. The predicted molar refractivity (Wildman–Crippen MR) is 85.6 cm³/mol. The number of ether oxygens (including phenoxy) is 1. The summed E-state index contributed by atoms with van der Waals surface area (Å²) in [6.07, 6.45) is 2.47. The Bertz CT molecular complexity index is 474. The highest BCUT2D eigenvalue weighted by Gasteiger charge is 2.19. The predicted octanol–water partition coefficient (Wildman–Crippen LogP) is 2.69. The lowest BCUT2D eigenvalue weighted by Crippen LogP contribution is -2.34. The molecule has 1 atom stereocenters. The van der Waals surface area contributed by atoms with Gasteiger partial charge in [-0.3, -0.25) is 4.79 Å². The van der Waals surface area contributed by atoms with Gasteiger partial charge in [-0.05, 0) is 29.9 Å². The van der Waals surface area contributed by atoms with Gasteiger partial charge in [0.1, 0.15) is 0 Å². The van der Waals surface area contributed by atoms with Crippen LogP contribution in [0.4, 0.5) is 5.69 Å². The fourth-order valence-corrected chi connectivity index (χ4v) is 2.59. The molecule has 0 spiro atoms. The number of rotatable bonds is 5. The molecule has 116 valence electrons. The van der Waals surface area contributed by atoms with Crippen LogP contribution in [0.25, 0.3) is 0 Å². The Morgan fingerprint density at radius 2 is 2.10 bits per heavy atom. The molecule has 1 saturated heterocycles. The molecule has 2 rings (SSSR count). The van der Waals surface area contributed by atoms with Crippen molar-refractivity contribution >= 4 is 11.6 Å². The molecule has 1 aromatic carbocycles. The molecule has 0 aromatic heterocycles. The first-order valence-electron chi connectivity index (χ1n) is 7.68. The largest absolute Gasteiger partial charge is 0.377 e. The summed E-state index contributed by atoms with van der Waals surface area (Å²) in [7, 11) is 0. The average Bonchev–Trinajstić information content (AvgIpc) is 2.91. The molecule has 0 aliphatic carbocycles. The van der Waals surface area contributed by atoms with Crippen LogP contribution in [0.5, 0.6) is 0 Å². The first kappa shape index (κ1) is 16.0. The Balaban J connectivity index is 1.85. The molecule has 4 heteroatoms. The molecular weight excluding hydrogens is 264 g/mol. The van der Waals surface area contributed by atoms with Crippen LogP contribution in [0.1, 0.15) is 39.2 Å². The van der Waals surface area contributed by atoms with Gasteiger partial charge in [0.2, 0.25) is 5.91 Å². The SMILES string of the molecule is CC(C)(C)c1ccccc1NC(=O)CNCC1CCCO1. The number of carbonyl (C=O) groups is 1. The van der Waals surface area contributed by atoms with Crippen molar-refractivity contribution in [3.63, 3.8) is 0 Å². The lowest BCUT2D eigenvalue weighted by molar-refractivity contribution is -0.115. The maximum Gasteiger partial charge on any atom is 0.238 e. The highest BCUT2D eigenvalue weighted by molar-refractivity contribution is 5.93. The Morgan fingerprint density at radius 3 is 2.76 bits per heavy atom. The summed E-state index contributed by atoms with van der Waals surface area (Å²) in [6, 6.07) is 7.98. The van der Waals surface area contributed by atoms with E-state index in [9.17, 15) is 4.79 Å². The van der Waals surface area contributed by atoms with Crippen LogP contribution < -0.4 is 10.6 Å². The molecule has 1 aliphatic rings. The van der Waals surface area contributed by atoms with Gasteiger partial charge in [-0.15, -0.1) is 0 Å². The van der Waals surface area contributed by atoms with Gasteiger partial charge in [0.15, 0.2) is 0 Å². The van der Waals surface area contributed by atoms with Gasteiger partial charge in [-0.2, -0.15) is 0 Å². The lowest BCUT2D eigenvalue weighted by Gasteiger charge is -2.23. The van der Waals surface area contributed by atoms with Crippen LogP contribution in [0.3, 0.4) is 0 Å². The van der Waals surface area contributed by atoms with E-state index < -0.39 is 0 Å². The topological polar surface area (TPSA) is 50.4 Å². The molecule has 1 amide bonds. The second-order valence-electron chi connectivity index (χ2n) is 6.61. The van der Waals surface area contributed by atoms with Crippen molar-refractivity contribution in [3.8, 4) is 0 Å². The van der Waals surface area contributed by atoms with Crippen LogP contribution in [0.15, 0.2) is 24.3 Å². The van der Waals surface area contributed by atoms with Gasteiger partial charge >= 0.3 is 0 Å². The van der Waals surface area contributed by atoms with Crippen LogP contribution in [0, 0.1) is 0 Å². The molecular formula is C17H26N2O2. The summed E-state index contributed by atoms with van der Waals surface area (Å²) in [6.45, 7) is 8.35. The van der Waals surface area contributed by atoms with Crippen molar-refractivity contribution in [1.82, 2.24) is 5.32 Å². The van der Waals surface area contributed by atoms with E-state index >= 15 is 0 Å². The molecule has 2 N–H and O–H groups in total. The fourth-order valence-electron chi connectivity index (χ4n) is 2.59. The monoisotopic (exact) mass is 290 g/mol. The quantitative estimate of drug-likeness (QED) is 0.876. The summed E-state index contributed by atoms with van der Waals surface area (Å²) >= 11 is 0. The van der Waals surface area contributed by atoms with Gasteiger partial charge < -0.3 is 15.4 Å². The zero-order valence-corrected chi connectivity index (χ0v) is 13.2. The van der Waals surface area contributed by atoms with Crippen molar-refractivity contribution in [2.75, 3.05) is 25.0 Å². The van der Waals surface area contributed by atoms with E-state index in [-0.39, 0.29) is 17.4 Å². The summed E-state index contributed by atoms with van der Waals surface area (Å²) in [5.41, 5.74) is 2.06. The van der Waals surface area contributed by atoms with Crippen LogP contribution in [-0.4, -0.2) is 31.7 Å². The van der Waals surface area contributed by atoms with Gasteiger partial charge in [-0.25, -0.2) is 0 Å². The van der Waals surface area contributed by atoms with E-state index in [4.69, 9.17) is 4.74 Å². The van der Waals surface area contributed by atoms with E-state index in [2.05, 4.69) is 37.5 Å². The van der Waals surface area contributed by atoms with E-state index in [1.165, 1.54) is 0 Å². The third-order valence-electron chi connectivity index (χ3n) is 3.69. The standard InChI is InChI=1S/C17H26N2O2/c1-17(2,3)14-8-4-5-9-15(14)19-16(20)12-18-11-13-7-6-10-21-13/h4-5,8-9,13,18H,6-7,10-12H2,1-3H3,(H,19,20). The lowest BCUT2D eigenvalue weighted by atomic mass is 9.86. The molecule has 4 nitrogen and oxygen atoms in total. The third-order valence-corrected chi connectivity index (χ3v) is 3.69. The summed E-state index contributed by atoms with van der Waals surface area (Å²) in [5.74, 6) is -0.00954. The number of hydrogen-bond donors (Lipinski definition) is 2. The zero-order valence-electron chi connectivity index (χ0n) is 13.2. The Morgan fingerprint density at radius 1 is 1.33 bits per heavy atom. The third kappa shape index (κ3) is 4.83. The number of para-hydroxylation sites is 1. The van der Waals surface area contributed by atoms with Crippen LogP contribution in [-0.2, 0) is 14.9 Å². The Kier molecular flexibility index (Phi) is 5.37. The number of amides is 1. The van der Waals surface area contributed by atoms with E-state index in [1.807, 2.05) is 18.2 Å². The van der Waals surface area contributed by atoms with E-state index in [0.717, 1.165) is 37.2 Å². The Labute approximate surface area is 127 Å². The highest BCUT2D eigenvalue weighted by Crippen LogP contribution is 2.29. The Hall–Kier alpha value is -1.39. The van der Waals surface area contributed by atoms with E-state index in [1.54, 1.807) is 0 Å². The van der Waals surface area contributed by atoms with Gasteiger partial charge in [-0.1, -0.05) is 39.0 Å². The molecule has 1 unspecified atom stereocenters. The molecule has 1 aromatic rings. The van der Waals surface area contributed by atoms with Crippen LogP contribution >= 0.6 is 0 Å². The van der Waals surface area contributed by atoms with E-state index in [0.29, 0.717) is 6.54 Å².